The number of nitrogens with zero attached hydrogens (tertiary/aromatic N) is 3. The van der Waals surface area contributed by atoms with Gasteiger partial charge in [-0.3, -0.25) is 0 Å². The number of benzene rings is 3. The normalized spacial score (nSPS) is 13.8. The highest BCUT2D eigenvalue weighted by Gasteiger charge is 2.25. The molecule has 2 amide bonds. The van der Waals surface area contributed by atoms with Crippen molar-refractivity contribution in [3.05, 3.63) is 78.1 Å². The first-order chi connectivity index (χ1) is 18.4. The van der Waals surface area contributed by atoms with Gasteiger partial charge in [0.15, 0.2) is 0 Å². The third kappa shape index (κ3) is 5.44. The molecule has 10 heteroatoms. The van der Waals surface area contributed by atoms with Crippen molar-refractivity contribution < 1.29 is 23.0 Å². The molecule has 2 N–H and O–H groups in total. The molecule has 1 aliphatic rings. The lowest BCUT2D eigenvalue weighted by atomic mass is 10.1. The van der Waals surface area contributed by atoms with Crippen LogP contribution >= 0.6 is 0 Å². The average Bonchev–Trinajstić information content (AvgIpc) is 2.92. The number of aromatic nitrogens is 2. The molecular weight excluding hydrogens is 492 g/mol. The van der Waals surface area contributed by atoms with Gasteiger partial charge < -0.3 is 25.0 Å². The molecule has 0 spiro atoms. The zero-order chi connectivity index (χ0) is 26.6. The van der Waals surface area contributed by atoms with E-state index in [1.807, 2.05) is 43.3 Å². The molecule has 5 rings (SSSR count). The number of halogens is 2. The summed E-state index contributed by atoms with van der Waals surface area (Å²) in [6.45, 7) is 2.79. The summed E-state index contributed by atoms with van der Waals surface area (Å²) in [5.41, 5.74) is 2.17. The number of piperidine rings is 1. The maximum Gasteiger partial charge on any atom is 0.322 e. The van der Waals surface area contributed by atoms with Crippen LogP contribution in [0.3, 0.4) is 0 Å². The smallest absolute Gasteiger partial charge is 0.322 e. The maximum absolute atomic E-state index is 13.9. The van der Waals surface area contributed by atoms with Crippen molar-refractivity contribution in [1.82, 2.24) is 14.9 Å². The van der Waals surface area contributed by atoms with Crippen LogP contribution < -0.4 is 20.1 Å². The highest BCUT2D eigenvalue weighted by molar-refractivity contribution is 5.91. The zero-order valence-electron chi connectivity index (χ0n) is 21.0. The number of methoxy groups -OCH3 is 1. The molecule has 0 radical (unpaired) electrons. The van der Waals surface area contributed by atoms with Crippen molar-refractivity contribution in [2.75, 3.05) is 30.8 Å². The summed E-state index contributed by atoms with van der Waals surface area (Å²) in [5, 5.41) is 6.53. The van der Waals surface area contributed by atoms with E-state index in [1.165, 1.54) is 17.3 Å². The van der Waals surface area contributed by atoms with Gasteiger partial charge in [-0.2, -0.15) is 0 Å². The first-order valence-corrected chi connectivity index (χ1v) is 12.2. The number of carbonyl (C=O) groups is 1. The van der Waals surface area contributed by atoms with Gasteiger partial charge in [-0.25, -0.2) is 23.5 Å². The Bertz CT molecular complexity index is 1450. The van der Waals surface area contributed by atoms with E-state index < -0.39 is 23.4 Å². The first-order valence-electron chi connectivity index (χ1n) is 12.2. The van der Waals surface area contributed by atoms with E-state index >= 15 is 0 Å². The van der Waals surface area contributed by atoms with Crippen LogP contribution in [0.25, 0.3) is 10.9 Å². The summed E-state index contributed by atoms with van der Waals surface area (Å²) in [4.78, 5) is 22.8. The van der Waals surface area contributed by atoms with E-state index in [2.05, 4.69) is 20.6 Å². The molecule has 1 fully saturated rings. The number of carbonyl (C=O) groups excluding carboxylic acids is 1. The molecule has 0 saturated carbocycles. The highest BCUT2D eigenvalue weighted by Crippen LogP contribution is 2.30. The minimum atomic E-state index is -0.808. The standard InChI is InChI=1S/C28H27F2N5O3/c1-17-14-18(33-27-21-15-20(37-2)7-8-24(21)31-16-32-27)6-9-25(17)38-19-10-12-35(13-11-19)28(36)34-26-22(29)4-3-5-23(26)30/h3-9,14-16,19H,10-13H2,1-2H3,(H,34,36)(H,31,32,33). The Balaban J connectivity index is 1.19. The van der Waals surface area contributed by atoms with Gasteiger partial charge >= 0.3 is 6.03 Å². The summed E-state index contributed by atoms with van der Waals surface area (Å²) < 4.78 is 39.3. The second-order valence-corrected chi connectivity index (χ2v) is 9.04. The topological polar surface area (TPSA) is 88.6 Å². The lowest BCUT2D eigenvalue weighted by Crippen LogP contribution is -2.44. The molecule has 4 aromatic rings. The van der Waals surface area contributed by atoms with E-state index in [1.54, 1.807) is 7.11 Å². The Labute approximate surface area is 218 Å². The van der Waals surface area contributed by atoms with Crippen LogP contribution in [-0.2, 0) is 0 Å². The third-order valence-electron chi connectivity index (χ3n) is 6.50. The Hall–Kier alpha value is -4.47. The molecule has 1 saturated heterocycles. The SMILES string of the molecule is COc1ccc2ncnc(Nc3ccc(OC4CCN(C(=O)Nc5c(F)cccc5F)CC4)c(C)c3)c2c1. The Morgan fingerprint density at radius 1 is 1.03 bits per heavy atom. The van der Waals surface area contributed by atoms with Gasteiger partial charge in [0.2, 0.25) is 0 Å². The van der Waals surface area contributed by atoms with Crippen molar-refractivity contribution in [2.24, 2.45) is 0 Å². The Morgan fingerprint density at radius 2 is 1.79 bits per heavy atom. The summed E-state index contributed by atoms with van der Waals surface area (Å²) in [6.07, 6.45) is 2.63. The molecule has 0 unspecified atom stereocenters. The fourth-order valence-electron chi connectivity index (χ4n) is 4.42. The van der Waals surface area contributed by atoms with Crippen molar-refractivity contribution in [3.8, 4) is 11.5 Å². The van der Waals surface area contributed by atoms with Gasteiger partial charge in [-0.15, -0.1) is 0 Å². The number of amides is 2. The molecule has 2 heterocycles. The fraction of sp³-hybridized carbons (Fsp3) is 0.250. The van der Waals surface area contributed by atoms with Crippen LogP contribution in [0.5, 0.6) is 11.5 Å². The second-order valence-electron chi connectivity index (χ2n) is 9.04. The molecule has 196 valence electrons. The number of hydrogen-bond acceptors (Lipinski definition) is 6. The monoisotopic (exact) mass is 519 g/mol. The number of nitrogens with one attached hydrogen (secondary N) is 2. The van der Waals surface area contributed by atoms with Crippen LogP contribution in [0, 0.1) is 18.6 Å². The predicted octanol–water partition coefficient (Wildman–Crippen LogP) is 6.04. The number of para-hydroxylation sites is 1. The van der Waals surface area contributed by atoms with Crippen LogP contribution in [-0.4, -0.2) is 47.2 Å². The van der Waals surface area contributed by atoms with E-state index in [4.69, 9.17) is 9.47 Å². The zero-order valence-corrected chi connectivity index (χ0v) is 21.0. The van der Waals surface area contributed by atoms with Gasteiger partial charge in [0.1, 0.15) is 47.1 Å². The van der Waals surface area contributed by atoms with Crippen molar-refractivity contribution >= 4 is 34.1 Å². The highest BCUT2D eigenvalue weighted by atomic mass is 19.1. The predicted molar refractivity (Wildman–Crippen MR) is 141 cm³/mol. The third-order valence-corrected chi connectivity index (χ3v) is 6.50. The molecule has 38 heavy (non-hydrogen) atoms. The summed E-state index contributed by atoms with van der Waals surface area (Å²) in [7, 11) is 1.62. The summed E-state index contributed by atoms with van der Waals surface area (Å²) in [5.74, 6) is 0.525. The largest absolute Gasteiger partial charge is 0.497 e. The number of fused-ring (bicyclic) bond motifs is 1. The van der Waals surface area contributed by atoms with Gasteiger partial charge in [0, 0.05) is 37.0 Å². The first kappa shape index (κ1) is 25.2. The maximum atomic E-state index is 13.9. The Kier molecular flexibility index (Phi) is 7.21. The molecular formula is C28H27F2N5O3. The van der Waals surface area contributed by atoms with E-state index in [9.17, 15) is 13.6 Å². The van der Waals surface area contributed by atoms with E-state index in [-0.39, 0.29) is 6.10 Å². The molecule has 8 nitrogen and oxygen atoms in total. The van der Waals surface area contributed by atoms with Crippen LogP contribution in [0.4, 0.5) is 30.8 Å². The number of anilines is 3. The lowest BCUT2D eigenvalue weighted by molar-refractivity contribution is 0.115. The van der Waals surface area contributed by atoms with Gasteiger partial charge in [-0.1, -0.05) is 6.07 Å². The van der Waals surface area contributed by atoms with E-state index in [0.717, 1.165) is 45.8 Å². The van der Waals surface area contributed by atoms with Crippen LogP contribution in [0.2, 0.25) is 0 Å². The summed E-state index contributed by atoms with van der Waals surface area (Å²) >= 11 is 0. The summed E-state index contributed by atoms with van der Waals surface area (Å²) in [6, 6.07) is 14.4. The minimum Gasteiger partial charge on any atom is -0.497 e. The molecule has 0 aliphatic carbocycles. The van der Waals surface area contributed by atoms with Crippen LogP contribution in [0.15, 0.2) is 60.9 Å². The number of urea groups is 1. The van der Waals surface area contributed by atoms with E-state index in [0.29, 0.717) is 31.7 Å². The number of aryl methyl sites for hydroxylation is 1. The number of likely N-dealkylation sites (tertiary alicyclic amines) is 1. The minimum absolute atomic E-state index is 0.0833. The lowest BCUT2D eigenvalue weighted by Gasteiger charge is -2.32. The molecule has 1 aromatic heterocycles. The Morgan fingerprint density at radius 3 is 2.50 bits per heavy atom. The second kappa shape index (κ2) is 10.9. The van der Waals surface area contributed by atoms with Crippen molar-refractivity contribution in [2.45, 2.75) is 25.9 Å². The molecule has 0 atom stereocenters. The number of ether oxygens (including phenoxy) is 2. The van der Waals surface area contributed by atoms with Gasteiger partial charge in [0.05, 0.1) is 12.6 Å². The van der Waals surface area contributed by atoms with Crippen molar-refractivity contribution in [1.29, 1.82) is 0 Å². The molecule has 1 aliphatic heterocycles. The van der Waals surface area contributed by atoms with Gasteiger partial charge in [0.25, 0.3) is 0 Å². The molecule has 3 aromatic carbocycles. The average molecular weight is 520 g/mol. The quantitative estimate of drug-likeness (QED) is 0.323. The van der Waals surface area contributed by atoms with Crippen molar-refractivity contribution in [3.63, 3.8) is 0 Å². The number of hydrogen-bond donors (Lipinski definition) is 2. The van der Waals surface area contributed by atoms with Gasteiger partial charge in [-0.05, 0) is 61.0 Å². The molecule has 0 bridgehead atoms. The fourth-order valence-corrected chi connectivity index (χ4v) is 4.42. The van der Waals surface area contributed by atoms with Crippen LogP contribution in [0.1, 0.15) is 18.4 Å². The number of rotatable bonds is 6.